The Labute approximate surface area is 159 Å². The van der Waals surface area contributed by atoms with E-state index < -0.39 is 5.97 Å². The Hall–Kier alpha value is -2.95. The van der Waals surface area contributed by atoms with Crippen molar-refractivity contribution in [2.45, 2.75) is 40.0 Å². The standard InChI is InChI=1S/C22H25NO4/c1-4-17-6-9-19(10-7-17)23-21(25)11-12-22(26)27-14-20(24)18-8-5-15(2)16(3)13-18/h5-10,13H,4,11-12,14H2,1-3H3,(H,23,25). The summed E-state index contributed by atoms with van der Waals surface area (Å²) in [5.74, 6) is -1.09. The first-order chi connectivity index (χ1) is 12.9. The van der Waals surface area contributed by atoms with E-state index in [1.807, 2.05) is 44.2 Å². The van der Waals surface area contributed by atoms with Gasteiger partial charge in [-0.25, -0.2) is 0 Å². The Balaban J connectivity index is 1.74. The van der Waals surface area contributed by atoms with Gasteiger partial charge in [0, 0.05) is 17.7 Å². The lowest BCUT2D eigenvalue weighted by molar-refractivity contribution is -0.143. The zero-order valence-electron chi connectivity index (χ0n) is 16.0. The lowest BCUT2D eigenvalue weighted by Crippen LogP contribution is -2.17. The van der Waals surface area contributed by atoms with E-state index in [2.05, 4.69) is 12.2 Å². The maximum atomic E-state index is 12.1. The van der Waals surface area contributed by atoms with Crippen LogP contribution in [0.2, 0.25) is 0 Å². The highest BCUT2D eigenvalue weighted by molar-refractivity contribution is 5.98. The van der Waals surface area contributed by atoms with Crippen molar-refractivity contribution in [2.75, 3.05) is 11.9 Å². The molecule has 0 spiro atoms. The van der Waals surface area contributed by atoms with Crippen LogP contribution in [0.15, 0.2) is 42.5 Å². The number of amides is 1. The van der Waals surface area contributed by atoms with E-state index in [-0.39, 0.29) is 31.1 Å². The summed E-state index contributed by atoms with van der Waals surface area (Å²) in [6.45, 7) is 5.63. The van der Waals surface area contributed by atoms with E-state index in [4.69, 9.17) is 4.74 Å². The molecule has 2 aromatic carbocycles. The summed E-state index contributed by atoms with van der Waals surface area (Å²) in [6, 6.07) is 12.9. The van der Waals surface area contributed by atoms with E-state index in [9.17, 15) is 14.4 Å². The molecule has 2 rings (SSSR count). The fraction of sp³-hybridized carbons (Fsp3) is 0.318. The summed E-state index contributed by atoms with van der Waals surface area (Å²) in [5, 5.41) is 2.74. The summed E-state index contributed by atoms with van der Waals surface area (Å²) >= 11 is 0. The third-order valence-electron chi connectivity index (χ3n) is 4.40. The number of rotatable bonds is 8. The average Bonchev–Trinajstić information content (AvgIpc) is 2.67. The molecular weight excluding hydrogens is 342 g/mol. The van der Waals surface area contributed by atoms with Crippen molar-refractivity contribution in [3.05, 3.63) is 64.7 Å². The number of esters is 1. The molecule has 1 amide bonds. The molecule has 0 aromatic heterocycles. The number of hydrogen-bond acceptors (Lipinski definition) is 4. The van der Waals surface area contributed by atoms with Crippen LogP contribution in [0.5, 0.6) is 0 Å². The van der Waals surface area contributed by atoms with Crippen LogP contribution in [0.3, 0.4) is 0 Å². The molecule has 27 heavy (non-hydrogen) atoms. The number of nitrogens with one attached hydrogen (secondary N) is 1. The summed E-state index contributed by atoms with van der Waals surface area (Å²) in [5.41, 5.74) is 4.49. The molecule has 142 valence electrons. The lowest BCUT2D eigenvalue weighted by atomic mass is 10.0. The molecule has 0 unspecified atom stereocenters. The minimum atomic E-state index is -0.566. The number of anilines is 1. The molecular formula is C22H25NO4. The largest absolute Gasteiger partial charge is 0.457 e. The second kappa shape index (κ2) is 9.67. The predicted octanol–water partition coefficient (Wildman–Crippen LogP) is 4.01. The third-order valence-corrected chi connectivity index (χ3v) is 4.40. The van der Waals surface area contributed by atoms with Crippen LogP contribution in [0, 0.1) is 13.8 Å². The van der Waals surface area contributed by atoms with Crippen LogP contribution in [-0.2, 0) is 20.7 Å². The fourth-order valence-electron chi connectivity index (χ4n) is 2.48. The average molecular weight is 367 g/mol. The van der Waals surface area contributed by atoms with Gasteiger partial charge in [-0.05, 0) is 55.2 Å². The van der Waals surface area contributed by atoms with Gasteiger partial charge < -0.3 is 10.1 Å². The third kappa shape index (κ3) is 6.37. The van der Waals surface area contributed by atoms with Crippen molar-refractivity contribution in [1.29, 1.82) is 0 Å². The molecule has 1 N–H and O–H groups in total. The Morgan fingerprint density at radius 2 is 1.63 bits per heavy atom. The Bertz CT molecular complexity index is 825. The molecule has 2 aromatic rings. The second-order valence-corrected chi connectivity index (χ2v) is 6.48. The number of hydrogen-bond donors (Lipinski definition) is 1. The van der Waals surface area contributed by atoms with Gasteiger partial charge >= 0.3 is 5.97 Å². The smallest absolute Gasteiger partial charge is 0.306 e. The first-order valence-corrected chi connectivity index (χ1v) is 9.04. The van der Waals surface area contributed by atoms with E-state index in [1.54, 1.807) is 12.1 Å². The van der Waals surface area contributed by atoms with Gasteiger partial charge in [0.2, 0.25) is 5.91 Å². The van der Waals surface area contributed by atoms with Crippen molar-refractivity contribution in [3.8, 4) is 0 Å². The topological polar surface area (TPSA) is 72.5 Å². The molecule has 0 bridgehead atoms. The lowest BCUT2D eigenvalue weighted by Gasteiger charge is -2.07. The van der Waals surface area contributed by atoms with Gasteiger partial charge in [-0.3, -0.25) is 14.4 Å². The molecule has 5 nitrogen and oxygen atoms in total. The molecule has 0 heterocycles. The molecule has 0 aliphatic rings. The van der Waals surface area contributed by atoms with Crippen molar-refractivity contribution >= 4 is 23.3 Å². The molecule has 0 saturated heterocycles. The van der Waals surface area contributed by atoms with E-state index in [0.717, 1.165) is 17.5 Å². The first kappa shape index (κ1) is 20.4. The number of aryl methyl sites for hydroxylation is 3. The minimum Gasteiger partial charge on any atom is -0.457 e. The highest BCUT2D eigenvalue weighted by Gasteiger charge is 2.12. The highest BCUT2D eigenvalue weighted by Crippen LogP contribution is 2.12. The van der Waals surface area contributed by atoms with Crippen molar-refractivity contribution in [1.82, 2.24) is 0 Å². The zero-order chi connectivity index (χ0) is 19.8. The van der Waals surface area contributed by atoms with Gasteiger partial charge in [0.05, 0.1) is 6.42 Å². The molecule has 0 atom stereocenters. The predicted molar refractivity (Wildman–Crippen MR) is 105 cm³/mol. The Morgan fingerprint density at radius 3 is 2.26 bits per heavy atom. The molecule has 5 heteroatoms. The SMILES string of the molecule is CCc1ccc(NC(=O)CCC(=O)OCC(=O)c2ccc(C)c(C)c2)cc1. The highest BCUT2D eigenvalue weighted by atomic mass is 16.5. The monoisotopic (exact) mass is 367 g/mol. The van der Waals surface area contributed by atoms with Crippen LogP contribution in [-0.4, -0.2) is 24.3 Å². The maximum Gasteiger partial charge on any atom is 0.306 e. The van der Waals surface area contributed by atoms with Gasteiger partial charge in [0.25, 0.3) is 0 Å². The van der Waals surface area contributed by atoms with Crippen LogP contribution in [0.1, 0.15) is 46.8 Å². The van der Waals surface area contributed by atoms with Gasteiger partial charge in [-0.1, -0.05) is 31.2 Å². The Kier molecular flexibility index (Phi) is 7.29. The van der Waals surface area contributed by atoms with Crippen LogP contribution in [0.4, 0.5) is 5.69 Å². The number of carbonyl (C=O) groups excluding carboxylic acids is 3. The molecule has 0 saturated carbocycles. The minimum absolute atomic E-state index is 0.00614. The van der Waals surface area contributed by atoms with Gasteiger partial charge in [0.15, 0.2) is 12.4 Å². The number of ketones is 1. The first-order valence-electron chi connectivity index (χ1n) is 9.04. The molecule has 0 aliphatic heterocycles. The number of ether oxygens (including phenoxy) is 1. The summed E-state index contributed by atoms with van der Waals surface area (Å²) < 4.78 is 4.99. The van der Waals surface area contributed by atoms with Gasteiger partial charge in [0.1, 0.15) is 0 Å². The molecule has 0 aliphatic carbocycles. The summed E-state index contributed by atoms with van der Waals surface area (Å²) in [6.07, 6.45) is 0.867. The van der Waals surface area contributed by atoms with Crippen molar-refractivity contribution in [3.63, 3.8) is 0 Å². The van der Waals surface area contributed by atoms with E-state index >= 15 is 0 Å². The summed E-state index contributed by atoms with van der Waals surface area (Å²) in [4.78, 5) is 35.8. The molecule has 0 fully saturated rings. The second-order valence-electron chi connectivity index (χ2n) is 6.48. The maximum absolute atomic E-state index is 12.1. The van der Waals surface area contributed by atoms with Crippen molar-refractivity contribution in [2.24, 2.45) is 0 Å². The van der Waals surface area contributed by atoms with Crippen LogP contribution in [0.25, 0.3) is 0 Å². The van der Waals surface area contributed by atoms with Crippen molar-refractivity contribution < 1.29 is 19.1 Å². The van der Waals surface area contributed by atoms with E-state index in [1.165, 1.54) is 5.56 Å². The number of Topliss-reactive ketones (excluding diaryl/α,β-unsaturated/α-hetero) is 1. The van der Waals surface area contributed by atoms with E-state index in [0.29, 0.717) is 11.3 Å². The number of carbonyl (C=O) groups is 3. The van der Waals surface area contributed by atoms with Gasteiger partial charge in [-0.15, -0.1) is 0 Å². The van der Waals surface area contributed by atoms with Crippen LogP contribution >= 0.6 is 0 Å². The summed E-state index contributed by atoms with van der Waals surface area (Å²) in [7, 11) is 0. The fourth-order valence-corrected chi connectivity index (χ4v) is 2.48. The van der Waals surface area contributed by atoms with Gasteiger partial charge in [-0.2, -0.15) is 0 Å². The quantitative estimate of drug-likeness (QED) is 0.565. The van der Waals surface area contributed by atoms with Crippen LogP contribution < -0.4 is 5.32 Å². The number of benzene rings is 2. The normalized spacial score (nSPS) is 10.3. The Morgan fingerprint density at radius 1 is 0.926 bits per heavy atom. The zero-order valence-corrected chi connectivity index (χ0v) is 16.0. The molecule has 0 radical (unpaired) electrons.